The first-order valence-corrected chi connectivity index (χ1v) is 10.2. The van der Waals surface area contributed by atoms with E-state index in [1.807, 2.05) is 0 Å². The lowest BCUT2D eigenvalue weighted by Crippen LogP contribution is -2.47. The van der Waals surface area contributed by atoms with E-state index in [0.29, 0.717) is 12.2 Å². The maximum Gasteiger partial charge on any atom is 0.331 e. The third kappa shape index (κ3) is 4.29. The van der Waals surface area contributed by atoms with Crippen LogP contribution in [0.25, 0.3) is 0 Å². The minimum absolute atomic E-state index is 0. The number of benzene rings is 2. The second-order valence-corrected chi connectivity index (χ2v) is 8.20. The molecule has 6 nitrogen and oxygen atoms in total. The number of hydrogen-bond donors (Lipinski definition) is 1. The Hall–Kier alpha value is -1.65. The molecule has 0 saturated carbocycles. The van der Waals surface area contributed by atoms with Crippen LogP contribution in [-0.2, 0) is 10.2 Å². The number of hydrogen-bond acceptors (Lipinski definition) is 4. The molecule has 1 N–H and O–H groups in total. The summed E-state index contributed by atoms with van der Waals surface area (Å²) in [4.78, 5) is 2.17. The van der Waals surface area contributed by atoms with E-state index < -0.39 is 27.5 Å². The smallest absolute Gasteiger partial charge is 0.314 e. The van der Waals surface area contributed by atoms with E-state index in [4.69, 9.17) is 0 Å². The summed E-state index contributed by atoms with van der Waals surface area (Å²) < 4.78 is 57.2. The Morgan fingerprint density at radius 2 is 1.45 bits per heavy atom. The van der Waals surface area contributed by atoms with E-state index >= 15 is 0 Å². The highest BCUT2D eigenvalue weighted by atomic mass is 35.5. The lowest BCUT2D eigenvalue weighted by molar-refractivity contribution is 0.248. The summed E-state index contributed by atoms with van der Waals surface area (Å²) in [6.45, 7) is 4.14. The van der Waals surface area contributed by atoms with Crippen LogP contribution < -0.4 is 13.9 Å². The topological polar surface area (TPSA) is 55.9 Å². The average molecular weight is 467 g/mol. The van der Waals surface area contributed by atoms with Crippen LogP contribution in [0.15, 0.2) is 42.5 Å². The third-order valence-electron chi connectivity index (χ3n) is 4.85. The van der Waals surface area contributed by atoms with Gasteiger partial charge >= 0.3 is 10.2 Å². The SMILES string of the molecule is Cl.Cl.O=S1(=O)N(CCN2CCNCC2)c2ccccc2N1c1c(F)cccc1F. The molecule has 0 spiro atoms. The van der Waals surface area contributed by atoms with Gasteiger partial charge in [0.05, 0.1) is 11.4 Å². The quantitative estimate of drug-likeness (QED) is 0.752. The molecule has 2 heterocycles. The molecule has 4 rings (SSSR count). The first kappa shape index (κ1) is 23.6. The van der Waals surface area contributed by atoms with Gasteiger partial charge in [-0.05, 0) is 24.3 Å². The molecule has 2 aliphatic rings. The number of anilines is 3. The Bertz CT molecular complexity index is 938. The van der Waals surface area contributed by atoms with Crippen LogP contribution in [0, 0.1) is 11.6 Å². The molecule has 160 valence electrons. The highest BCUT2D eigenvalue weighted by molar-refractivity contribution is 7.95. The van der Waals surface area contributed by atoms with Gasteiger partial charge in [-0.25, -0.2) is 17.4 Å². The van der Waals surface area contributed by atoms with Gasteiger partial charge in [0.2, 0.25) is 0 Å². The third-order valence-corrected chi connectivity index (χ3v) is 6.63. The van der Waals surface area contributed by atoms with Crippen molar-refractivity contribution in [3.63, 3.8) is 0 Å². The molecular formula is C18H22Cl2F2N4O2S. The van der Waals surface area contributed by atoms with Crippen molar-refractivity contribution in [2.24, 2.45) is 0 Å². The van der Waals surface area contributed by atoms with E-state index in [-0.39, 0.29) is 37.0 Å². The first-order valence-electron chi connectivity index (χ1n) is 8.79. The van der Waals surface area contributed by atoms with Crippen molar-refractivity contribution in [1.82, 2.24) is 10.2 Å². The van der Waals surface area contributed by atoms with Crippen molar-refractivity contribution in [3.05, 3.63) is 54.1 Å². The van der Waals surface area contributed by atoms with E-state index in [1.54, 1.807) is 24.3 Å². The highest BCUT2D eigenvalue weighted by Crippen LogP contribution is 2.46. The van der Waals surface area contributed by atoms with Gasteiger partial charge in [0.1, 0.15) is 5.69 Å². The van der Waals surface area contributed by atoms with Gasteiger partial charge in [0.25, 0.3) is 0 Å². The molecule has 0 atom stereocenters. The number of halogens is 4. The van der Waals surface area contributed by atoms with Crippen molar-refractivity contribution < 1.29 is 17.2 Å². The normalized spacial score (nSPS) is 18.0. The monoisotopic (exact) mass is 466 g/mol. The molecule has 0 bridgehead atoms. The van der Waals surface area contributed by atoms with Crippen LogP contribution >= 0.6 is 24.8 Å². The zero-order valence-corrected chi connectivity index (χ0v) is 17.9. The molecule has 0 aromatic heterocycles. The Morgan fingerprint density at radius 1 is 0.862 bits per heavy atom. The number of fused-ring (bicyclic) bond motifs is 1. The van der Waals surface area contributed by atoms with Gasteiger partial charge in [0.15, 0.2) is 11.6 Å². The number of rotatable bonds is 4. The first-order chi connectivity index (χ1) is 13.0. The van der Waals surface area contributed by atoms with Crippen molar-refractivity contribution >= 4 is 52.1 Å². The standard InChI is InChI=1S/C18H20F2N4O2S.2ClH/c19-14-4-3-5-15(20)18(14)24-17-7-2-1-6-16(17)23(27(24,25)26)13-12-22-10-8-21-9-11-22;;/h1-7,21H,8-13H2;2*1H. The van der Waals surface area contributed by atoms with Crippen LogP contribution in [0.5, 0.6) is 0 Å². The van der Waals surface area contributed by atoms with Gasteiger partial charge in [0, 0.05) is 39.3 Å². The van der Waals surface area contributed by atoms with Crippen molar-refractivity contribution in [3.8, 4) is 0 Å². The van der Waals surface area contributed by atoms with Gasteiger partial charge in [-0.2, -0.15) is 8.42 Å². The molecule has 2 aliphatic heterocycles. The number of piperazine rings is 1. The van der Waals surface area contributed by atoms with Gasteiger partial charge in [-0.15, -0.1) is 24.8 Å². The Labute approximate surface area is 181 Å². The predicted molar refractivity (Wildman–Crippen MR) is 115 cm³/mol. The minimum Gasteiger partial charge on any atom is -0.314 e. The van der Waals surface area contributed by atoms with Gasteiger partial charge in [-0.3, -0.25) is 4.90 Å². The largest absolute Gasteiger partial charge is 0.331 e. The molecule has 0 amide bonds. The maximum atomic E-state index is 14.4. The second kappa shape index (κ2) is 9.44. The molecule has 0 radical (unpaired) electrons. The highest BCUT2D eigenvalue weighted by Gasteiger charge is 2.43. The number of nitrogens with zero attached hydrogens (tertiary/aromatic N) is 3. The second-order valence-electron chi connectivity index (χ2n) is 6.49. The Morgan fingerprint density at radius 3 is 2.07 bits per heavy atom. The van der Waals surface area contributed by atoms with Gasteiger partial charge in [-0.1, -0.05) is 18.2 Å². The zero-order chi connectivity index (χ0) is 19.0. The molecule has 2 aromatic carbocycles. The molecule has 29 heavy (non-hydrogen) atoms. The van der Waals surface area contributed by atoms with E-state index in [2.05, 4.69) is 10.2 Å². The van der Waals surface area contributed by atoms with E-state index in [0.717, 1.165) is 42.6 Å². The summed E-state index contributed by atoms with van der Waals surface area (Å²) in [6, 6.07) is 9.91. The van der Waals surface area contributed by atoms with Crippen LogP contribution in [0.4, 0.5) is 25.8 Å². The molecule has 0 unspecified atom stereocenters. The van der Waals surface area contributed by atoms with E-state index in [9.17, 15) is 17.2 Å². The summed E-state index contributed by atoms with van der Waals surface area (Å²) >= 11 is 0. The summed E-state index contributed by atoms with van der Waals surface area (Å²) in [6.07, 6.45) is 0. The van der Waals surface area contributed by atoms with Crippen LogP contribution in [0.3, 0.4) is 0 Å². The molecule has 11 heteroatoms. The summed E-state index contributed by atoms with van der Waals surface area (Å²) in [5, 5.41) is 3.25. The fourth-order valence-corrected chi connectivity index (χ4v) is 5.24. The Kier molecular flexibility index (Phi) is 7.69. The van der Waals surface area contributed by atoms with Crippen molar-refractivity contribution in [2.75, 3.05) is 47.9 Å². The van der Waals surface area contributed by atoms with Crippen molar-refractivity contribution in [1.29, 1.82) is 0 Å². The lowest BCUT2D eigenvalue weighted by atomic mass is 10.2. The van der Waals surface area contributed by atoms with Crippen LogP contribution in [0.2, 0.25) is 0 Å². The molecule has 1 fully saturated rings. The van der Waals surface area contributed by atoms with E-state index in [1.165, 1.54) is 10.4 Å². The fraction of sp³-hybridized carbons (Fsp3) is 0.333. The molecule has 1 saturated heterocycles. The van der Waals surface area contributed by atoms with Crippen LogP contribution in [-0.4, -0.2) is 52.6 Å². The zero-order valence-electron chi connectivity index (χ0n) is 15.4. The molecule has 0 aliphatic carbocycles. The molecule has 2 aromatic rings. The maximum absolute atomic E-state index is 14.4. The number of nitrogens with one attached hydrogen (secondary N) is 1. The van der Waals surface area contributed by atoms with Gasteiger partial charge < -0.3 is 5.32 Å². The fourth-order valence-electron chi connectivity index (χ4n) is 3.52. The predicted octanol–water partition coefficient (Wildman–Crippen LogP) is 2.92. The van der Waals surface area contributed by atoms with Crippen molar-refractivity contribution in [2.45, 2.75) is 0 Å². The summed E-state index contributed by atoms with van der Waals surface area (Å²) in [5.41, 5.74) is 0.103. The summed E-state index contributed by atoms with van der Waals surface area (Å²) in [7, 11) is -4.14. The summed E-state index contributed by atoms with van der Waals surface area (Å²) in [5.74, 6) is -1.84. The lowest BCUT2D eigenvalue weighted by Gasteiger charge is -2.29. The minimum atomic E-state index is -4.14. The average Bonchev–Trinajstić information content (AvgIpc) is 2.88. The Balaban J connectivity index is 0.00000150. The molecular weight excluding hydrogens is 445 g/mol. The number of para-hydroxylation sites is 3. The van der Waals surface area contributed by atoms with Crippen LogP contribution in [0.1, 0.15) is 0 Å².